The number of nitrogens with one attached hydrogen (secondary N) is 2. The quantitative estimate of drug-likeness (QED) is 0.807. The molecule has 0 aliphatic rings. The number of aromatic amines is 1. The van der Waals surface area contributed by atoms with Crippen LogP contribution in [-0.2, 0) is 14.8 Å². The van der Waals surface area contributed by atoms with Crippen molar-refractivity contribution in [3.8, 4) is 11.3 Å². The second kappa shape index (κ2) is 6.06. The van der Waals surface area contributed by atoms with Gasteiger partial charge in [-0.15, -0.1) is 0 Å². The van der Waals surface area contributed by atoms with Gasteiger partial charge in [-0.25, -0.2) is 17.9 Å². The number of carbonyl (C=O) groups excluding carboxylic acids is 1. The normalized spacial score (nSPS) is 11.3. The van der Waals surface area contributed by atoms with Gasteiger partial charge in [-0.3, -0.25) is 5.10 Å². The molecule has 0 unspecified atom stereocenters. The molecule has 2 rings (SSSR count). The van der Waals surface area contributed by atoms with E-state index in [4.69, 9.17) is 4.74 Å². The van der Waals surface area contributed by atoms with Crippen LogP contribution >= 0.6 is 0 Å². The van der Waals surface area contributed by atoms with Crippen LogP contribution in [0.1, 0.15) is 17.4 Å². The number of rotatable bonds is 5. The topological polar surface area (TPSA) is 101 Å². The highest BCUT2D eigenvalue weighted by atomic mass is 32.2. The van der Waals surface area contributed by atoms with Gasteiger partial charge in [0.1, 0.15) is 10.6 Å². The standard InChI is InChI=1S/C13H15N3O4S/c1-3-20-13(17)11-12(21(18,19)14-2)10(15-16-11)9-7-5-4-6-8-9/h4-8,14H,3H2,1-2H3,(H,15,16). The monoisotopic (exact) mass is 309 g/mol. The third kappa shape index (κ3) is 2.96. The number of carbonyl (C=O) groups is 1. The Labute approximate surface area is 122 Å². The van der Waals surface area contributed by atoms with Gasteiger partial charge in [0.2, 0.25) is 10.0 Å². The Morgan fingerprint density at radius 1 is 1.33 bits per heavy atom. The minimum Gasteiger partial charge on any atom is -0.461 e. The van der Waals surface area contributed by atoms with Crippen molar-refractivity contribution in [2.75, 3.05) is 13.7 Å². The Morgan fingerprint density at radius 2 is 2.00 bits per heavy atom. The molecule has 2 N–H and O–H groups in total. The summed E-state index contributed by atoms with van der Waals surface area (Å²) >= 11 is 0. The highest BCUT2D eigenvalue weighted by molar-refractivity contribution is 7.89. The second-order valence-corrected chi connectivity index (χ2v) is 5.89. The van der Waals surface area contributed by atoms with Crippen LogP contribution in [0.3, 0.4) is 0 Å². The van der Waals surface area contributed by atoms with Gasteiger partial charge in [0.25, 0.3) is 0 Å². The molecule has 1 aromatic carbocycles. The summed E-state index contributed by atoms with van der Waals surface area (Å²) in [6, 6.07) is 8.72. The molecule has 0 fully saturated rings. The van der Waals surface area contributed by atoms with Gasteiger partial charge < -0.3 is 4.74 Å². The highest BCUT2D eigenvalue weighted by Gasteiger charge is 2.30. The molecule has 2 aromatic rings. The Kier molecular flexibility index (Phi) is 4.39. The molecule has 0 atom stereocenters. The number of sulfonamides is 1. The summed E-state index contributed by atoms with van der Waals surface area (Å²) in [4.78, 5) is 11.7. The Hall–Kier alpha value is -2.19. The van der Waals surface area contributed by atoms with Crippen LogP contribution in [-0.4, -0.2) is 38.2 Å². The molecule has 112 valence electrons. The Balaban J connectivity index is 2.66. The van der Waals surface area contributed by atoms with Crippen molar-refractivity contribution in [3.63, 3.8) is 0 Å². The third-order valence-corrected chi connectivity index (χ3v) is 4.26. The molecule has 0 aliphatic carbocycles. The molecular formula is C13H15N3O4S. The smallest absolute Gasteiger partial charge is 0.357 e. The van der Waals surface area contributed by atoms with E-state index < -0.39 is 16.0 Å². The summed E-state index contributed by atoms with van der Waals surface area (Å²) in [6.07, 6.45) is 0. The first-order chi connectivity index (χ1) is 10.0. The first-order valence-corrected chi connectivity index (χ1v) is 7.74. The van der Waals surface area contributed by atoms with Crippen molar-refractivity contribution < 1.29 is 17.9 Å². The number of hydrogen-bond donors (Lipinski definition) is 2. The highest BCUT2D eigenvalue weighted by Crippen LogP contribution is 2.28. The van der Waals surface area contributed by atoms with E-state index in [-0.39, 0.29) is 22.9 Å². The lowest BCUT2D eigenvalue weighted by molar-refractivity contribution is 0.0515. The molecule has 0 saturated carbocycles. The predicted octanol–water partition coefficient (Wildman–Crippen LogP) is 1.16. The zero-order chi connectivity index (χ0) is 15.5. The fraction of sp³-hybridized carbons (Fsp3) is 0.231. The molecule has 0 saturated heterocycles. The molecule has 1 aromatic heterocycles. The molecular weight excluding hydrogens is 294 g/mol. The number of esters is 1. The molecule has 0 amide bonds. The number of H-pyrrole nitrogens is 1. The van der Waals surface area contributed by atoms with Gasteiger partial charge in [-0.1, -0.05) is 30.3 Å². The summed E-state index contributed by atoms with van der Waals surface area (Å²) in [7, 11) is -2.60. The predicted molar refractivity (Wildman–Crippen MR) is 76.2 cm³/mol. The van der Waals surface area contributed by atoms with Crippen molar-refractivity contribution in [3.05, 3.63) is 36.0 Å². The Morgan fingerprint density at radius 3 is 2.57 bits per heavy atom. The summed E-state index contributed by atoms with van der Waals surface area (Å²) in [6.45, 7) is 1.77. The maximum atomic E-state index is 12.2. The van der Waals surface area contributed by atoms with E-state index in [0.29, 0.717) is 5.56 Å². The summed E-state index contributed by atoms with van der Waals surface area (Å²) in [5.74, 6) is -0.763. The first kappa shape index (κ1) is 15.2. The fourth-order valence-electron chi connectivity index (χ4n) is 1.83. The van der Waals surface area contributed by atoms with Crippen molar-refractivity contribution in [2.45, 2.75) is 11.8 Å². The van der Waals surface area contributed by atoms with Crippen LogP contribution in [0.15, 0.2) is 35.2 Å². The maximum Gasteiger partial charge on any atom is 0.357 e. The van der Waals surface area contributed by atoms with Gasteiger partial charge >= 0.3 is 5.97 Å². The van der Waals surface area contributed by atoms with E-state index in [1.807, 2.05) is 0 Å². The van der Waals surface area contributed by atoms with Gasteiger partial charge in [-0.2, -0.15) is 5.10 Å². The van der Waals surface area contributed by atoms with E-state index in [2.05, 4.69) is 14.9 Å². The maximum absolute atomic E-state index is 12.2. The number of aromatic nitrogens is 2. The van der Waals surface area contributed by atoms with Crippen molar-refractivity contribution in [1.82, 2.24) is 14.9 Å². The average Bonchev–Trinajstić information content (AvgIpc) is 2.94. The summed E-state index contributed by atoms with van der Waals surface area (Å²) < 4.78 is 31.5. The first-order valence-electron chi connectivity index (χ1n) is 6.25. The number of nitrogens with zero attached hydrogens (tertiary/aromatic N) is 1. The lowest BCUT2D eigenvalue weighted by atomic mass is 10.1. The van der Waals surface area contributed by atoms with Crippen LogP contribution in [0.4, 0.5) is 0 Å². The summed E-state index contributed by atoms with van der Waals surface area (Å²) in [5.41, 5.74) is 0.566. The molecule has 0 bridgehead atoms. The van der Waals surface area contributed by atoms with E-state index in [0.717, 1.165) is 0 Å². The van der Waals surface area contributed by atoms with Crippen molar-refractivity contribution in [1.29, 1.82) is 0 Å². The third-order valence-electron chi connectivity index (χ3n) is 2.79. The van der Waals surface area contributed by atoms with Gasteiger partial charge in [0, 0.05) is 5.56 Å². The summed E-state index contributed by atoms with van der Waals surface area (Å²) in [5, 5.41) is 6.41. The lowest BCUT2D eigenvalue weighted by Gasteiger charge is -2.06. The molecule has 1 heterocycles. The van der Waals surface area contributed by atoms with Crippen LogP contribution < -0.4 is 4.72 Å². The largest absolute Gasteiger partial charge is 0.461 e. The van der Waals surface area contributed by atoms with E-state index in [1.54, 1.807) is 37.3 Å². The van der Waals surface area contributed by atoms with Crippen LogP contribution in [0.25, 0.3) is 11.3 Å². The van der Waals surface area contributed by atoms with Crippen LogP contribution in [0, 0.1) is 0 Å². The molecule has 8 heteroatoms. The second-order valence-electron chi connectivity index (χ2n) is 4.07. The molecule has 0 aliphatic heterocycles. The molecule has 21 heavy (non-hydrogen) atoms. The minimum atomic E-state index is -3.87. The SMILES string of the molecule is CCOC(=O)c1[nH]nc(-c2ccccc2)c1S(=O)(=O)NC. The zero-order valence-corrected chi connectivity index (χ0v) is 12.4. The molecule has 7 nitrogen and oxygen atoms in total. The van der Waals surface area contributed by atoms with Crippen LogP contribution in [0.5, 0.6) is 0 Å². The van der Waals surface area contributed by atoms with Crippen molar-refractivity contribution >= 4 is 16.0 Å². The van der Waals surface area contributed by atoms with E-state index >= 15 is 0 Å². The van der Waals surface area contributed by atoms with Gasteiger partial charge in [0.15, 0.2) is 5.69 Å². The minimum absolute atomic E-state index is 0.136. The number of hydrogen-bond acceptors (Lipinski definition) is 5. The van der Waals surface area contributed by atoms with Crippen LogP contribution in [0.2, 0.25) is 0 Å². The molecule has 0 radical (unpaired) electrons. The average molecular weight is 309 g/mol. The molecule has 0 spiro atoms. The van der Waals surface area contributed by atoms with Gasteiger partial charge in [-0.05, 0) is 14.0 Å². The number of benzene rings is 1. The fourth-order valence-corrected chi connectivity index (χ4v) is 2.85. The number of ether oxygens (including phenoxy) is 1. The van der Waals surface area contributed by atoms with E-state index in [9.17, 15) is 13.2 Å². The zero-order valence-electron chi connectivity index (χ0n) is 11.6. The Bertz CT molecular complexity index is 738. The van der Waals surface area contributed by atoms with Crippen molar-refractivity contribution in [2.24, 2.45) is 0 Å². The van der Waals surface area contributed by atoms with E-state index in [1.165, 1.54) is 7.05 Å². The lowest BCUT2D eigenvalue weighted by Crippen LogP contribution is -2.22. The van der Waals surface area contributed by atoms with Gasteiger partial charge in [0.05, 0.1) is 6.61 Å².